The van der Waals surface area contributed by atoms with E-state index in [2.05, 4.69) is 38.7 Å². The predicted octanol–water partition coefficient (Wildman–Crippen LogP) is 4.15. The Kier molecular flexibility index (Phi) is 5.91. The lowest BCUT2D eigenvalue weighted by molar-refractivity contribution is 0.332. The number of halogens is 1. The number of benzene rings is 2. The van der Waals surface area contributed by atoms with Gasteiger partial charge in [0.2, 0.25) is 5.95 Å². The van der Waals surface area contributed by atoms with Crippen molar-refractivity contribution in [3.05, 3.63) is 57.9 Å². The number of nitrogens with zero attached hydrogens (tertiary/aromatic N) is 4. The van der Waals surface area contributed by atoms with Crippen LogP contribution in [0.25, 0.3) is 11.0 Å². The minimum Gasteiger partial charge on any atom is -0.340 e. The van der Waals surface area contributed by atoms with E-state index >= 15 is 0 Å². The Balaban J connectivity index is 1.62. The van der Waals surface area contributed by atoms with Gasteiger partial charge in [0.15, 0.2) is 0 Å². The van der Waals surface area contributed by atoms with Gasteiger partial charge in [-0.25, -0.2) is 9.37 Å². The standard InChI is InChI=1S/C26H34FN5/c1-18-12-22(17-30-8-4-5-9-30)25-23(13-18)32(26(29-25)31-10-6-28-7-11-31)16-21-14-19(2)24(27)20(3)15-21/h12-15,28H,4-11,16-17H2,1-3H3. The summed E-state index contributed by atoms with van der Waals surface area (Å²) in [6.07, 6.45) is 2.58. The quantitative estimate of drug-likeness (QED) is 0.653. The van der Waals surface area contributed by atoms with E-state index in [0.29, 0.717) is 17.7 Å². The number of fused-ring (bicyclic) bond motifs is 1. The molecule has 6 heteroatoms. The normalized spacial score (nSPS) is 17.6. The molecule has 0 aliphatic carbocycles. The molecule has 0 atom stereocenters. The zero-order valence-electron chi connectivity index (χ0n) is 19.5. The van der Waals surface area contributed by atoms with Gasteiger partial charge in [0.25, 0.3) is 0 Å². The molecule has 5 nitrogen and oxygen atoms in total. The van der Waals surface area contributed by atoms with E-state index in [4.69, 9.17) is 4.98 Å². The molecular formula is C26H34FN5. The summed E-state index contributed by atoms with van der Waals surface area (Å²) < 4.78 is 16.6. The molecule has 2 saturated heterocycles. The number of hydrogen-bond acceptors (Lipinski definition) is 4. The summed E-state index contributed by atoms with van der Waals surface area (Å²) >= 11 is 0. The first-order chi connectivity index (χ1) is 15.5. The molecule has 32 heavy (non-hydrogen) atoms. The summed E-state index contributed by atoms with van der Waals surface area (Å²) in [6, 6.07) is 8.55. The van der Waals surface area contributed by atoms with Crippen LogP contribution in [-0.4, -0.2) is 53.7 Å². The van der Waals surface area contributed by atoms with E-state index in [-0.39, 0.29) is 5.82 Å². The summed E-state index contributed by atoms with van der Waals surface area (Å²) in [4.78, 5) is 10.2. The van der Waals surface area contributed by atoms with Crippen LogP contribution < -0.4 is 10.2 Å². The van der Waals surface area contributed by atoms with Gasteiger partial charge in [0, 0.05) is 32.7 Å². The minimum atomic E-state index is -0.102. The van der Waals surface area contributed by atoms with Crippen LogP contribution in [0.5, 0.6) is 0 Å². The SMILES string of the molecule is Cc1cc(CN2CCCC2)c2nc(N3CCNCC3)n(Cc3cc(C)c(F)c(C)c3)c2c1. The predicted molar refractivity (Wildman–Crippen MR) is 129 cm³/mol. The lowest BCUT2D eigenvalue weighted by Gasteiger charge is -2.29. The summed E-state index contributed by atoms with van der Waals surface area (Å²) in [5, 5.41) is 3.45. The number of nitrogens with one attached hydrogen (secondary N) is 1. The number of likely N-dealkylation sites (tertiary alicyclic amines) is 1. The monoisotopic (exact) mass is 435 g/mol. The fourth-order valence-electron chi connectivity index (χ4n) is 5.31. The molecule has 0 unspecified atom stereocenters. The lowest BCUT2D eigenvalue weighted by Crippen LogP contribution is -2.44. The van der Waals surface area contributed by atoms with E-state index in [9.17, 15) is 4.39 Å². The number of rotatable bonds is 5. The Morgan fingerprint density at radius 3 is 2.28 bits per heavy atom. The second kappa shape index (κ2) is 8.83. The van der Waals surface area contributed by atoms with Crippen molar-refractivity contribution < 1.29 is 4.39 Å². The number of aromatic nitrogens is 2. The molecule has 2 aliphatic rings. The molecule has 0 radical (unpaired) electrons. The van der Waals surface area contributed by atoms with Crippen LogP contribution in [0.1, 0.15) is 40.7 Å². The highest BCUT2D eigenvalue weighted by Crippen LogP contribution is 2.30. The van der Waals surface area contributed by atoms with Gasteiger partial charge >= 0.3 is 0 Å². The molecule has 1 aromatic heterocycles. The maximum Gasteiger partial charge on any atom is 0.206 e. The van der Waals surface area contributed by atoms with E-state index in [0.717, 1.165) is 49.8 Å². The van der Waals surface area contributed by atoms with Gasteiger partial charge in [-0.3, -0.25) is 4.90 Å². The lowest BCUT2D eigenvalue weighted by atomic mass is 10.1. The third-order valence-electron chi connectivity index (χ3n) is 6.89. The first kappa shape index (κ1) is 21.4. The first-order valence-corrected chi connectivity index (χ1v) is 11.9. The van der Waals surface area contributed by atoms with Crippen LogP contribution in [0.3, 0.4) is 0 Å². The summed E-state index contributed by atoms with van der Waals surface area (Å²) in [6.45, 7) is 13.7. The smallest absolute Gasteiger partial charge is 0.206 e. The van der Waals surface area contributed by atoms with Crippen LogP contribution in [0, 0.1) is 26.6 Å². The fraction of sp³-hybridized carbons (Fsp3) is 0.500. The average Bonchev–Trinajstić information content (AvgIpc) is 3.41. The maximum absolute atomic E-state index is 14.3. The molecule has 0 spiro atoms. The maximum atomic E-state index is 14.3. The molecule has 0 saturated carbocycles. The Morgan fingerprint density at radius 2 is 1.59 bits per heavy atom. The zero-order chi connectivity index (χ0) is 22.2. The van der Waals surface area contributed by atoms with Crippen LogP contribution in [0.15, 0.2) is 24.3 Å². The van der Waals surface area contributed by atoms with Crippen LogP contribution in [0.2, 0.25) is 0 Å². The van der Waals surface area contributed by atoms with E-state index < -0.39 is 0 Å². The van der Waals surface area contributed by atoms with E-state index in [1.54, 1.807) is 0 Å². The minimum absolute atomic E-state index is 0.102. The van der Waals surface area contributed by atoms with Crippen LogP contribution in [0.4, 0.5) is 10.3 Å². The van der Waals surface area contributed by atoms with Gasteiger partial charge in [-0.05, 0) is 80.6 Å². The summed E-state index contributed by atoms with van der Waals surface area (Å²) in [5.41, 5.74) is 7.44. The van der Waals surface area contributed by atoms with Crippen LogP contribution in [-0.2, 0) is 13.1 Å². The second-order valence-electron chi connectivity index (χ2n) is 9.55. The van der Waals surface area contributed by atoms with Crippen molar-refractivity contribution in [1.82, 2.24) is 19.8 Å². The van der Waals surface area contributed by atoms with Gasteiger partial charge in [0.05, 0.1) is 17.6 Å². The third-order valence-corrected chi connectivity index (χ3v) is 6.89. The Labute approximate surface area is 190 Å². The zero-order valence-corrected chi connectivity index (χ0v) is 19.5. The van der Waals surface area contributed by atoms with E-state index in [1.807, 2.05) is 26.0 Å². The van der Waals surface area contributed by atoms with Crippen molar-refractivity contribution in [2.45, 2.75) is 46.7 Å². The molecule has 2 aromatic carbocycles. The number of imidazole rings is 1. The highest BCUT2D eigenvalue weighted by Gasteiger charge is 2.23. The molecule has 0 bridgehead atoms. The van der Waals surface area contributed by atoms with Crippen molar-refractivity contribution in [1.29, 1.82) is 0 Å². The Morgan fingerprint density at radius 1 is 0.906 bits per heavy atom. The van der Waals surface area contributed by atoms with Crippen molar-refractivity contribution in [2.24, 2.45) is 0 Å². The topological polar surface area (TPSA) is 36.3 Å². The van der Waals surface area contributed by atoms with Gasteiger partial charge in [-0.2, -0.15) is 0 Å². The molecule has 170 valence electrons. The second-order valence-corrected chi connectivity index (χ2v) is 9.55. The summed E-state index contributed by atoms with van der Waals surface area (Å²) in [7, 11) is 0. The molecule has 3 aromatic rings. The first-order valence-electron chi connectivity index (χ1n) is 11.9. The Bertz CT molecular complexity index is 1100. The highest BCUT2D eigenvalue weighted by molar-refractivity contribution is 5.83. The molecular weight excluding hydrogens is 401 g/mol. The molecule has 2 fully saturated rings. The van der Waals surface area contributed by atoms with Crippen molar-refractivity contribution in [2.75, 3.05) is 44.2 Å². The van der Waals surface area contributed by atoms with Gasteiger partial charge in [-0.15, -0.1) is 0 Å². The molecule has 2 aliphatic heterocycles. The van der Waals surface area contributed by atoms with E-state index in [1.165, 1.54) is 42.6 Å². The molecule has 0 amide bonds. The Hall–Kier alpha value is -2.44. The highest BCUT2D eigenvalue weighted by atomic mass is 19.1. The molecule has 5 rings (SSSR count). The molecule has 3 heterocycles. The van der Waals surface area contributed by atoms with Gasteiger partial charge in [0.1, 0.15) is 5.82 Å². The average molecular weight is 436 g/mol. The van der Waals surface area contributed by atoms with Crippen LogP contribution >= 0.6 is 0 Å². The summed E-state index contributed by atoms with van der Waals surface area (Å²) in [5.74, 6) is 0.935. The van der Waals surface area contributed by atoms with Gasteiger partial charge < -0.3 is 14.8 Å². The van der Waals surface area contributed by atoms with Crippen molar-refractivity contribution in [3.8, 4) is 0 Å². The number of piperazine rings is 1. The number of aryl methyl sites for hydroxylation is 3. The number of hydrogen-bond donors (Lipinski definition) is 1. The largest absolute Gasteiger partial charge is 0.340 e. The van der Waals surface area contributed by atoms with Gasteiger partial charge in [-0.1, -0.05) is 18.2 Å². The van der Waals surface area contributed by atoms with Crippen molar-refractivity contribution >= 4 is 17.0 Å². The number of anilines is 1. The van der Waals surface area contributed by atoms with Crippen molar-refractivity contribution in [3.63, 3.8) is 0 Å². The molecule has 1 N–H and O–H groups in total. The fourth-order valence-corrected chi connectivity index (χ4v) is 5.31. The third kappa shape index (κ3) is 4.14.